The van der Waals surface area contributed by atoms with Crippen molar-refractivity contribution in [3.63, 3.8) is 0 Å². The summed E-state index contributed by atoms with van der Waals surface area (Å²) < 4.78 is 5.73. The number of hydrogen-bond acceptors (Lipinski definition) is 3. The molecule has 1 aliphatic heterocycles. The fraction of sp³-hybridized carbons (Fsp3) is 0.778. The van der Waals surface area contributed by atoms with Gasteiger partial charge in [0.1, 0.15) is 5.76 Å². The average molecular weight is 292 g/mol. The maximum atomic E-state index is 5.73. The van der Waals surface area contributed by atoms with Gasteiger partial charge in [0.25, 0.3) is 0 Å². The Morgan fingerprint density at radius 2 is 2.14 bits per heavy atom. The number of likely N-dealkylation sites (tertiary alicyclic amines) is 1. The van der Waals surface area contributed by atoms with Gasteiger partial charge in [0.05, 0.1) is 12.8 Å². The lowest BCUT2D eigenvalue weighted by Crippen LogP contribution is -2.24. The fourth-order valence-electron chi connectivity index (χ4n) is 3.31. The molecule has 0 saturated carbocycles. The van der Waals surface area contributed by atoms with Gasteiger partial charge in [-0.2, -0.15) is 0 Å². The zero-order valence-electron chi connectivity index (χ0n) is 13.9. The molecule has 1 aliphatic rings. The lowest BCUT2D eigenvalue weighted by molar-refractivity contribution is 0.249. The third-order valence-corrected chi connectivity index (χ3v) is 4.48. The van der Waals surface area contributed by atoms with E-state index in [0.29, 0.717) is 0 Å². The van der Waals surface area contributed by atoms with E-state index < -0.39 is 0 Å². The highest BCUT2D eigenvalue weighted by molar-refractivity contribution is 5.12. The first-order chi connectivity index (χ1) is 10.3. The number of rotatable bonds is 8. The number of hydrogen-bond donors (Lipinski definition) is 1. The smallest absolute Gasteiger partial charge is 0.118 e. The standard InChI is InChI=1S/C18H32N2O/c1-3-6-16-7-5-10-20(11-8-16)14-18-12-17(15-21-18)13-19-9-4-2/h12,15-16,19H,3-11,13-14H2,1-2H3. The van der Waals surface area contributed by atoms with Gasteiger partial charge < -0.3 is 9.73 Å². The van der Waals surface area contributed by atoms with Crippen LogP contribution in [0.15, 0.2) is 16.7 Å². The van der Waals surface area contributed by atoms with Crippen LogP contribution in [0.1, 0.15) is 63.7 Å². The monoisotopic (exact) mass is 292 g/mol. The van der Waals surface area contributed by atoms with Crippen LogP contribution in [0, 0.1) is 5.92 Å². The Morgan fingerprint density at radius 1 is 1.24 bits per heavy atom. The molecule has 1 atom stereocenters. The third-order valence-electron chi connectivity index (χ3n) is 4.48. The highest BCUT2D eigenvalue weighted by Gasteiger charge is 2.17. The first kappa shape index (κ1) is 16.6. The van der Waals surface area contributed by atoms with E-state index in [-0.39, 0.29) is 0 Å². The van der Waals surface area contributed by atoms with E-state index >= 15 is 0 Å². The molecule has 2 rings (SSSR count). The SMILES string of the molecule is CCCNCc1coc(CN2CCCC(CCC)CC2)c1. The molecule has 0 radical (unpaired) electrons. The summed E-state index contributed by atoms with van der Waals surface area (Å²) in [6.07, 6.45) is 9.94. The number of nitrogens with zero attached hydrogens (tertiary/aromatic N) is 1. The van der Waals surface area contributed by atoms with E-state index in [2.05, 4.69) is 30.1 Å². The molecule has 21 heavy (non-hydrogen) atoms. The molecule has 0 spiro atoms. The predicted molar refractivity (Wildman–Crippen MR) is 88.2 cm³/mol. The second-order valence-corrected chi connectivity index (χ2v) is 6.46. The highest BCUT2D eigenvalue weighted by atomic mass is 16.3. The molecule has 1 aromatic rings. The Kier molecular flexibility index (Phi) is 7.31. The molecule has 1 N–H and O–H groups in total. The van der Waals surface area contributed by atoms with Crippen LogP contribution in [-0.4, -0.2) is 24.5 Å². The molecule has 3 heteroatoms. The van der Waals surface area contributed by atoms with E-state index in [4.69, 9.17) is 4.42 Å². The average Bonchev–Trinajstić information content (AvgIpc) is 2.80. The minimum absolute atomic E-state index is 0.927. The minimum Gasteiger partial charge on any atom is -0.468 e. The Labute approximate surface area is 130 Å². The molecule has 0 amide bonds. The maximum absolute atomic E-state index is 5.73. The van der Waals surface area contributed by atoms with Crippen molar-refractivity contribution in [2.75, 3.05) is 19.6 Å². The van der Waals surface area contributed by atoms with Gasteiger partial charge in [-0.3, -0.25) is 4.90 Å². The molecule has 1 fully saturated rings. The Balaban J connectivity index is 1.76. The lowest BCUT2D eigenvalue weighted by Gasteiger charge is -2.18. The zero-order chi connectivity index (χ0) is 14.9. The van der Waals surface area contributed by atoms with Crippen molar-refractivity contribution in [3.05, 3.63) is 23.7 Å². The van der Waals surface area contributed by atoms with Gasteiger partial charge in [0, 0.05) is 12.1 Å². The minimum atomic E-state index is 0.927. The summed E-state index contributed by atoms with van der Waals surface area (Å²) in [7, 11) is 0. The van der Waals surface area contributed by atoms with E-state index in [1.54, 1.807) is 0 Å². The van der Waals surface area contributed by atoms with Crippen molar-refractivity contribution >= 4 is 0 Å². The van der Waals surface area contributed by atoms with Crippen LogP contribution in [0.5, 0.6) is 0 Å². The topological polar surface area (TPSA) is 28.4 Å². The Hall–Kier alpha value is -0.800. The van der Waals surface area contributed by atoms with Crippen LogP contribution in [0.3, 0.4) is 0 Å². The molecule has 0 bridgehead atoms. The van der Waals surface area contributed by atoms with Gasteiger partial charge in [-0.05, 0) is 57.3 Å². The molecule has 1 aromatic heterocycles. The molecule has 120 valence electrons. The summed E-state index contributed by atoms with van der Waals surface area (Å²) in [6, 6.07) is 2.22. The first-order valence-electron chi connectivity index (χ1n) is 8.81. The van der Waals surface area contributed by atoms with Crippen LogP contribution in [-0.2, 0) is 13.1 Å². The van der Waals surface area contributed by atoms with E-state index in [0.717, 1.165) is 31.3 Å². The van der Waals surface area contributed by atoms with Crippen LogP contribution < -0.4 is 5.32 Å². The summed E-state index contributed by atoms with van der Waals surface area (Å²) in [5.74, 6) is 2.07. The molecule has 0 aliphatic carbocycles. The quantitative estimate of drug-likeness (QED) is 0.729. The number of furan rings is 1. The summed E-state index contributed by atoms with van der Waals surface area (Å²) in [5, 5.41) is 3.42. The summed E-state index contributed by atoms with van der Waals surface area (Å²) in [5.41, 5.74) is 1.28. The van der Waals surface area contributed by atoms with Crippen LogP contribution >= 0.6 is 0 Å². The van der Waals surface area contributed by atoms with E-state index in [1.807, 2.05) is 6.26 Å². The normalized spacial score (nSPS) is 20.6. The summed E-state index contributed by atoms with van der Waals surface area (Å²) >= 11 is 0. The van der Waals surface area contributed by atoms with E-state index in [1.165, 1.54) is 57.2 Å². The molecule has 3 nitrogen and oxygen atoms in total. The van der Waals surface area contributed by atoms with Gasteiger partial charge in [-0.15, -0.1) is 0 Å². The molecule has 0 aromatic carbocycles. The van der Waals surface area contributed by atoms with Gasteiger partial charge in [0.2, 0.25) is 0 Å². The fourth-order valence-corrected chi connectivity index (χ4v) is 3.31. The molecule has 2 heterocycles. The number of nitrogens with one attached hydrogen (secondary N) is 1. The summed E-state index contributed by atoms with van der Waals surface area (Å²) in [6.45, 7) is 9.94. The predicted octanol–water partition coefficient (Wildman–Crippen LogP) is 4.18. The van der Waals surface area contributed by atoms with Gasteiger partial charge in [-0.1, -0.05) is 26.7 Å². The van der Waals surface area contributed by atoms with Crippen molar-refractivity contribution in [1.82, 2.24) is 10.2 Å². The molecular weight excluding hydrogens is 260 g/mol. The van der Waals surface area contributed by atoms with Crippen LogP contribution in [0.25, 0.3) is 0 Å². The second-order valence-electron chi connectivity index (χ2n) is 6.46. The van der Waals surface area contributed by atoms with Crippen LogP contribution in [0.4, 0.5) is 0 Å². The Morgan fingerprint density at radius 3 is 2.95 bits per heavy atom. The van der Waals surface area contributed by atoms with Crippen LogP contribution in [0.2, 0.25) is 0 Å². The second kappa shape index (κ2) is 9.26. The zero-order valence-corrected chi connectivity index (χ0v) is 13.9. The van der Waals surface area contributed by atoms with Crippen molar-refractivity contribution < 1.29 is 4.42 Å². The van der Waals surface area contributed by atoms with Crippen molar-refractivity contribution in [2.45, 2.75) is 65.5 Å². The largest absolute Gasteiger partial charge is 0.468 e. The highest BCUT2D eigenvalue weighted by Crippen LogP contribution is 2.23. The van der Waals surface area contributed by atoms with Gasteiger partial charge in [-0.25, -0.2) is 0 Å². The molecule has 1 saturated heterocycles. The van der Waals surface area contributed by atoms with Crippen molar-refractivity contribution in [3.8, 4) is 0 Å². The maximum Gasteiger partial charge on any atom is 0.118 e. The Bertz CT molecular complexity index is 388. The van der Waals surface area contributed by atoms with Crippen molar-refractivity contribution in [1.29, 1.82) is 0 Å². The van der Waals surface area contributed by atoms with Crippen molar-refractivity contribution in [2.24, 2.45) is 5.92 Å². The van der Waals surface area contributed by atoms with Gasteiger partial charge >= 0.3 is 0 Å². The summed E-state index contributed by atoms with van der Waals surface area (Å²) in [4.78, 5) is 2.57. The molecule has 1 unspecified atom stereocenters. The van der Waals surface area contributed by atoms with Gasteiger partial charge in [0.15, 0.2) is 0 Å². The third kappa shape index (κ3) is 5.84. The molecular formula is C18H32N2O. The lowest BCUT2D eigenvalue weighted by atomic mass is 9.96. The first-order valence-corrected chi connectivity index (χ1v) is 8.81. The van der Waals surface area contributed by atoms with E-state index in [9.17, 15) is 0 Å².